The minimum absolute atomic E-state index is 0.199. The lowest BCUT2D eigenvalue weighted by atomic mass is 10.2. The second-order valence-corrected chi connectivity index (χ2v) is 9.06. The molecule has 0 amide bonds. The molecule has 1 saturated carbocycles. The molecule has 3 N–H and O–H groups in total. The van der Waals surface area contributed by atoms with Crippen molar-refractivity contribution in [2.45, 2.75) is 31.7 Å². The molecule has 0 radical (unpaired) electrons. The summed E-state index contributed by atoms with van der Waals surface area (Å²) in [6.45, 7) is 1.88. The number of nitrogens with two attached hydrogens (primary N) is 1. The summed E-state index contributed by atoms with van der Waals surface area (Å²) in [6, 6.07) is 14.0. The molecule has 3 heterocycles. The molecule has 11 heteroatoms. The number of fused-ring (bicyclic) bond motifs is 1. The Morgan fingerprint density at radius 1 is 1.11 bits per heavy atom. The van der Waals surface area contributed by atoms with Crippen molar-refractivity contribution in [3.63, 3.8) is 0 Å². The summed E-state index contributed by atoms with van der Waals surface area (Å²) < 4.78 is 7.43. The van der Waals surface area contributed by atoms with Gasteiger partial charge in [0.2, 0.25) is 5.89 Å². The van der Waals surface area contributed by atoms with Crippen LogP contribution in [0.4, 0.5) is 11.6 Å². The molecule has 10 nitrogen and oxygen atoms in total. The van der Waals surface area contributed by atoms with E-state index in [0.717, 1.165) is 12.8 Å². The molecule has 1 aliphatic carbocycles. The van der Waals surface area contributed by atoms with E-state index < -0.39 is 6.04 Å². The quantitative estimate of drug-likeness (QED) is 0.344. The number of anilines is 2. The fourth-order valence-electron chi connectivity index (χ4n) is 4.14. The maximum absolute atomic E-state index is 13.7. The Labute approximate surface area is 210 Å². The summed E-state index contributed by atoms with van der Waals surface area (Å²) in [5, 5.41) is 12.4. The average molecular weight is 501 g/mol. The lowest BCUT2D eigenvalue weighted by Crippen LogP contribution is -2.27. The first-order valence-electron chi connectivity index (χ1n) is 11.5. The van der Waals surface area contributed by atoms with E-state index in [4.69, 9.17) is 26.7 Å². The van der Waals surface area contributed by atoms with Crippen molar-refractivity contribution in [2.75, 3.05) is 11.1 Å². The maximum atomic E-state index is 13.7. The van der Waals surface area contributed by atoms with Crippen molar-refractivity contribution < 1.29 is 4.42 Å². The Hall–Kier alpha value is -4.31. The molecule has 1 fully saturated rings. The minimum atomic E-state index is -0.486. The van der Waals surface area contributed by atoms with Crippen LogP contribution in [0.5, 0.6) is 0 Å². The number of benzene rings is 2. The number of rotatable bonds is 6. The molecule has 0 spiro atoms. The molecule has 0 saturated heterocycles. The van der Waals surface area contributed by atoms with Crippen LogP contribution in [0.2, 0.25) is 5.02 Å². The third kappa shape index (κ3) is 3.85. The Bertz CT molecular complexity index is 1650. The highest BCUT2D eigenvalue weighted by Gasteiger charge is 2.31. The molecule has 0 aliphatic heterocycles. The van der Waals surface area contributed by atoms with Gasteiger partial charge in [-0.1, -0.05) is 35.9 Å². The lowest BCUT2D eigenvalue weighted by molar-refractivity contribution is 0.508. The molecule has 0 bridgehead atoms. The number of aromatic nitrogens is 6. The Morgan fingerprint density at radius 2 is 1.92 bits per heavy atom. The van der Waals surface area contributed by atoms with Gasteiger partial charge in [-0.25, -0.2) is 15.0 Å². The van der Waals surface area contributed by atoms with E-state index in [1.807, 2.05) is 37.3 Å². The number of hydrogen-bond acceptors (Lipinski definition) is 9. The average Bonchev–Trinajstić information content (AvgIpc) is 3.62. The molecular formula is C25H21ClN8O2. The van der Waals surface area contributed by atoms with Crippen LogP contribution < -0.4 is 16.6 Å². The molecule has 5 aromatic rings. The molecule has 2 aromatic carbocycles. The lowest BCUT2D eigenvalue weighted by Gasteiger charge is -2.21. The van der Waals surface area contributed by atoms with Gasteiger partial charge in [0, 0.05) is 5.92 Å². The van der Waals surface area contributed by atoms with Crippen LogP contribution in [-0.2, 0) is 0 Å². The van der Waals surface area contributed by atoms with Crippen molar-refractivity contribution in [3.05, 3.63) is 81.9 Å². The molecule has 1 atom stereocenters. The summed E-state index contributed by atoms with van der Waals surface area (Å²) in [5.41, 5.74) is 7.49. The highest BCUT2D eigenvalue weighted by atomic mass is 35.5. The van der Waals surface area contributed by atoms with Gasteiger partial charge in [-0.05, 0) is 44.0 Å². The first kappa shape index (κ1) is 22.2. The topological polar surface area (TPSA) is 138 Å². The number of halogens is 1. The minimum Gasteiger partial charge on any atom is -0.420 e. The van der Waals surface area contributed by atoms with Crippen LogP contribution in [0.1, 0.15) is 43.4 Å². The first-order chi connectivity index (χ1) is 17.5. The summed E-state index contributed by atoms with van der Waals surface area (Å²) in [5.74, 6) is 2.17. The van der Waals surface area contributed by atoms with Crippen molar-refractivity contribution in [1.29, 1.82) is 0 Å². The molecular weight excluding hydrogens is 480 g/mol. The van der Waals surface area contributed by atoms with Crippen LogP contribution in [0.3, 0.4) is 0 Å². The summed E-state index contributed by atoms with van der Waals surface area (Å²) >= 11 is 6.39. The Balaban J connectivity index is 1.47. The second-order valence-electron chi connectivity index (χ2n) is 8.65. The summed E-state index contributed by atoms with van der Waals surface area (Å²) in [4.78, 5) is 27.0. The molecule has 180 valence electrons. The molecule has 36 heavy (non-hydrogen) atoms. The second kappa shape index (κ2) is 8.72. The van der Waals surface area contributed by atoms with Gasteiger partial charge in [0.05, 0.1) is 27.7 Å². The fraction of sp³-hybridized carbons (Fsp3) is 0.200. The van der Waals surface area contributed by atoms with Gasteiger partial charge in [0.25, 0.3) is 11.4 Å². The Kier molecular flexibility index (Phi) is 5.37. The largest absolute Gasteiger partial charge is 0.420 e. The van der Waals surface area contributed by atoms with Gasteiger partial charge < -0.3 is 15.5 Å². The molecule has 1 unspecified atom stereocenters. The third-order valence-corrected chi connectivity index (χ3v) is 6.40. The van der Waals surface area contributed by atoms with E-state index in [1.54, 1.807) is 22.8 Å². The van der Waals surface area contributed by atoms with E-state index >= 15 is 0 Å². The van der Waals surface area contributed by atoms with Crippen molar-refractivity contribution in [3.8, 4) is 17.1 Å². The zero-order valence-corrected chi connectivity index (χ0v) is 20.0. The van der Waals surface area contributed by atoms with Crippen LogP contribution in [0, 0.1) is 0 Å². The van der Waals surface area contributed by atoms with Gasteiger partial charge in [-0.15, -0.1) is 10.2 Å². The predicted molar refractivity (Wildman–Crippen MR) is 136 cm³/mol. The zero-order valence-electron chi connectivity index (χ0n) is 19.2. The van der Waals surface area contributed by atoms with Gasteiger partial charge in [0.15, 0.2) is 0 Å². The van der Waals surface area contributed by atoms with Gasteiger partial charge in [0.1, 0.15) is 29.4 Å². The normalized spacial score (nSPS) is 14.2. The number of para-hydroxylation sites is 1. The monoisotopic (exact) mass is 500 g/mol. The molecule has 1 aliphatic rings. The first-order valence-corrected chi connectivity index (χ1v) is 11.9. The van der Waals surface area contributed by atoms with E-state index in [-0.39, 0.29) is 17.3 Å². The van der Waals surface area contributed by atoms with Crippen LogP contribution in [0.25, 0.3) is 28.0 Å². The fourth-order valence-corrected chi connectivity index (χ4v) is 4.39. The van der Waals surface area contributed by atoms with Crippen LogP contribution in [-0.4, -0.2) is 29.7 Å². The maximum Gasteiger partial charge on any atom is 0.267 e. The van der Waals surface area contributed by atoms with E-state index in [2.05, 4.69) is 25.5 Å². The zero-order chi connectivity index (χ0) is 24.8. The van der Waals surface area contributed by atoms with Crippen molar-refractivity contribution in [1.82, 2.24) is 29.7 Å². The van der Waals surface area contributed by atoms with Crippen LogP contribution >= 0.6 is 11.6 Å². The summed E-state index contributed by atoms with van der Waals surface area (Å²) in [7, 11) is 0. The van der Waals surface area contributed by atoms with Gasteiger partial charge >= 0.3 is 0 Å². The molecule has 3 aromatic heterocycles. The summed E-state index contributed by atoms with van der Waals surface area (Å²) in [6.07, 6.45) is 3.41. The number of nitrogens with zero attached hydrogens (tertiary/aromatic N) is 6. The van der Waals surface area contributed by atoms with Crippen LogP contribution in [0.15, 0.2) is 64.1 Å². The number of hydrogen-bond donors (Lipinski definition) is 2. The van der Waals surface area contributed by atoms with E-state index in [0.29, 0.717) is 50.6 Å². The highest BCUT2D eigenvalue weighted by Crippen LogP contribution is 2.41. The van der Waals surface area contributed by atoms with E-state index in [9.17, 15) is 4.79 Å². The van der Waals surface area contributed by atoms with Gasteiger partial charge in [-0.2, -0.15) is 0 Å². The number of nitrogens with one attached hydrogen (secondary N) is 1. The van der Waals surface area contributed by atoms with Crippen molar-refractivity contribution >= 4 is 34.1 Å². The smallest absolute Gasteiger partial charge is 0.267 e. The highest BCUT2D eigenvalue weighted by molar-refractivity contribution is 6.35. The number of nitrogen functional groups attached to an aromatic ring is 1. The van der Waals surface area contributed by atoms with Gasteiger partial charge in [-0.3, -0.25) is 9.36 Å². The molecule has 6 rings (SSSR count). The Morgan fingerprint density at radius 3 is 2.69 bits per heavy atom. The SMILES string of the molecule is CC(Nc1ncnc(N)c1-c1nnc(C2CC2)o1)c1nc2cccc(Cl)c2c(=O)n1-c1ccccc1. The standard InChI is InChI=1S/C25H21ClN8O2/c1-13(30-21-19(20(27)28-12-29-21)24-33-32-23(36-24)14-10-11-14)22-31-17-9-5-8-16(26)18(17)25(35)34(22)15-6-3-2-4-7-15/h2-9,12-14H,10-11H2,1H3,(H3,27,28,29,30). The predicted octanol–water partition coefficient (Wildman–Crippen LogP) is 4.51. The third-order valence-electron chi connectivity index (χ3n) is 6.09. The van der Waals surface area contributed by atoms with Crippen molar-refractivity contribution in [2.24, 2.45) is 0 Å². The van der Waals surface area contributed by atoms with E-state index in [1.165, 1.54) is 6.33 Å².